The van der Waals surface area contributed by atoms with E-state index >= 15 is 0 Å². The van der Waals surface area contributed by atoms with Crippen molar-refractivity contribution in [2.75, 3.05) is 24.2 Å². The molecular formula is C22H24N4O4S. The maximum Gasteiger partial charge on any atom is 0.338 e. The van der Waals surface area contributed by atoms with Crippen LogP contribution in [0.4, 0.5) is 5.82 Å². The average molecular weight is 441 g/mol. The third-order valence-electron chi connectivity index (χ3n) is 5.24. The lowest BCUT2D eigenvalue weighted by molar-refractivity contribution is 0.0329. The monoisotopic (exact) mass is 440 g/mol. The minimum absolute atomic E-state index is 0.226. The third-order valence-corrected chi connectivity index (χ3v) is 6.10. The molecule has 0 saturated carbocycles. The number of benzene rings is 1. The van der Waals surface area contributed by atoms with E-state index in [2.05, 4.69) is 14.9 Å². The van der Waals surface area contributed by atoms with Gasteiger partial charge in [0.1, 0.15) is 11.6 Å². The van der Waals surface area contributed by atoms with Gasteiger partial charge in [-0.05, 0) is 44.4 Å². The smallest absolute Gasteiger partial charge is 0.338 e. The van der Waals surface area contributed by atoms with Crippen molar-refractivity contribution in [3.63, 3.8) is 0 Å². The van der Waals surface area contributed by atoms with Gasteiger partial charge in [0, 0.05) is 30.9 Å². The number of carbonyl (C=O) groups is 1. The van der Waals surface area contributed by atoms with Crippen LogP contribution in [0.2, 0.25) is 0 Å². The van der Waals surface area contributed by atoms with Gasteiger partial charge >= 0.3 is 5.97 Å². The van der Waals surface area contributed by atoms with E-state index in [1.54, 1.807) is 37.3 Å². The van der Waals surface area contributed by atoms with Crippen LogP contribution in [-0.2, 0) is 14.6 Å². The summed E-state index contributed by atoms with van der Waals surface area (Å²) < 4.78 is 29.6. The molecule has 2 aromatic heterocycles. The summed E-state index contributed by atoms with van der Waals surface area (Å²) in [6.45, 7) is 3.38. The molecule has 31 heavy (non-hydrogen) atoms. The molecule has 1 fully saturated rings. The normalized spacial score (nSPS) is 15.6. The van der Waals surface area contributed by atoms with E-state index in [-0.39, 0.29) is 5.16 Å². The fraction of sp³-hybridized carbons (Fsp3) is 0.364. The Morgan fingerprint density at radius 2 is 1.81 bits per heavy atom. The molecule has 0 radical (unpaired) electrons. The first-order valence-electron chi connectivity index (χ1n) is 10.2. The summed E-state index contributed by atoms with van der Waals surface area (Å²) >= 11 is 0. The maximum absolute atomic E-state index is 12.5. The van der Waals surface area contributed by atoms with Crippen LogP contribution < -0.4 is 4.90 Å². The van der Waals surface area contributed by atoms with Gasteiger partial charge in [-0.1, -0.05) is 18.2 Å². The summed E-state index contributed by atoms with van der Waals surface area (Å²) in [6, 6.07) is 10.5. The standard InChI is InChI=1S/C22H24N4O4S/c1-15(30-21(27)16-9-5-3-6-10-16)18-13-17-14-23-22(31(2,28)29)25-19(17)20(24-18)26-11-7-4-8-12-26/h3,5-6,9-10,13-15H,4,7-8,11-12H2,1-2H3/t15-/m1/s1. The van der Waals surface area contributed by atoms with Crippen LogP contribution in [0.5, 0.6) is 0 Å². The lowest BCUT2D eigenvalue weighted by atomic mass is 10.1. The Balaban J connectivity index is 1.74. The summed E-state index contributed by atoms with van der Waals surface area (Å²) in [5, 5.41) is 0.428. The number of carbonyl (C=O) groups excluding carboxylic acids is 1. The molecule has 4 rings (SSSR count). The molecule has 9 heteroatoms. The summed E-state index contributed by atoms with van der Waals surface area (Å²) in [7, 11) is -3.55. The minimum Gasteiger partial charge on any atom is -0.453 e. The number of nitrogens with zero attached hydrogens (tertiary/aromatic N) is 4. The fourth-order valence-corrected chi connectivity index (χ4v) is 4.10. The van der Waals surface area contributed by atoms with Crippen molar-refractivity contribution in [2.45, 2.75) is 37.4 Å². The maximum atomic E-state index is 12.5. The second kappa shape index (κ2) is 8.58. The highest BCUT2D eigenvalue weighted by Gasteiger charge is 2.23. The molecule has 0 aliphatic carbocycles. The highest BCUT2D eigenvalue weighted by molar-refractivity contribution is 7.90. The van der Waals surface area contributed by atoms with Crippen molar-refractivity contribution in [1.29, 1.82) is 0 Å². The van der Waals surface area contributed by atoms with Gasteiger partial charge in [-0.3, -0.25) is 0 Å². The Labute approximate surface area is 181 Å². The van der Waals surface area contributed by atoms with Gasteiger partial charge < -0.3 is 9.64 Å². The Morgan fingerprint density at radius 3 is 2.48 bits per heavy atom. The van der Waals surface area contributed by atoms with E-state index in [0.717, 1.165) is 38.6 Å². The number of hydrogen-bond donors (Lipinski definition) is 0. The van der Waals surface area contributed by atoms with Crippen LogP contribution in [0, 0.1) is 0 Å². The van der Waals surface area contributed by atoms with Crippen LogP contribution in [0.1, 0.15) is 48.3 Å². The fourth-order valence-electron chi connectivity index (χ4n) is 3.60. The Morgan fingerprint density at radius 1 is 1.10 bits per heavy atom. The molecule has 0 spiro atoms. The Bertz CT molecular complexity index is 1210. The topological polar surface area (TPSA) is 102 Å². The van der Waals surface area contributed by atoms with Crippen molar-refractivity contribution >= 4 is 32.5 Å². The molecule has 1 aliphatic heterocycles. The van der Waals surface area contributed by atoms with Gasteiger partial charge in [-0.2, -0.15) is 0 Å². The predicted molar refractivity (Wildman–Crippen MR) is 117 cm³/mol. The van der Waals surface area contributed by atoms with Crippen LogP contribution in [-0.4, -0.2) is 48.7 Å². The molecule has 0 amide bonds. The second-order valence-corrected chi connectivity index (χ2v) is 9.60. The van der Waals surface area contributed by atoms with Gasteiger partial charge in [-0.15, -0.1) is 0 Å². The first kappa shape index (κ1) is 21.2. The van der Waals surface area contributed by atoms with Crippen molar-refractivity contribution in [3.05, 3.63) is 53.9 Å². The molecule has 1 aliphatic rings. The van der Waals surface area contributed by atoms with Crippen LogP contribution in [0.15, 0.2) is 47.8 Å². The summed E-state index contributed by atoms with van der Waals surface area (Å²) in [4.78, 5) is 27.7. The van der Waals surface area contributed by atoms with E-state index in [1.165, 1.54) is 6.20 Å². The van der Waals surface area contributed by atoms with Crippen LogP contribution in [0.3, 0.4) is 0 Å². The highest BCUT2D eigenvalue weighted by Crippen LogP contribution is 2.30. The number of piperidine rings is 1. The number of sulfone groups is 1. The number of aromatic nitrogens is 3. The molecule has 1 aromatic carbocycles. The lowest BCUT2D eigenvalue weighted by Crippen LogP contribution is -2.31. The first-order chi connectivity index (χ1) is 14.8. The number of pyridine rings is 1. The molecule has 8 nitrogen and oxygen atoms in total. The number of esters is 1. The zero-order valence-electron chi connectivity index (χ0n) is 17.5. The van der Waals surface area contributed by atoms with Gasteiger partial charge in [0.2, 0.25) is 15.0 Å². The van der Waals surface area contributed by atoms with Gasteiger partial charge in [-0.25, -0.2) is 28.2 Å². The molecule has 1 atom stereocenters. The van der Waals surface area contributed by atoms with E-state index < -0.39 is 21.9 Å². The summed E-state index contributed by atoms with van der Waals surface area (Å²) in [6.07, 6.45) is 5.16. The third kappa shape index (κ3) is 4.66. The van der Waals surface area contributed by atoms with Crippen molar-refractivity contribution in [1.82, 2.24) is 15.0 Å². The molecule has 0 N–H and O–H groups in total. The minimum atomic E-state index is -3.55. The van der Waals surface area contributed by atoms with Gasteiger partial charge in [0.25, 0.3) is 0 Å². The number of fused-ring (bicyclic) bond motifs is 1. The van der Waals surface area contributed by atoms with Gasteiger partial charge in [0.05, 0.1) is 11.3 Å². The van der Waals surface area contributed by atoms with Gasteiger partial charge in [0.15, 0.2) is 5.82 Å². The Hall–Kier alpha value is -3.07. The first-order valence-corrected chi connectivity index (χ1v) is 12.1. The van der Waals surface area contributed by atoms with Crippen molar-refractivity contribution in [3.8, 4) is 0 Å². The van der Waals surface area contributed by atoms with Crippen LogP contribution in [0.25, 0.3) is 10.9 Å². The lowest BCUT2D eigenvalue weighted by Gasteiger charge is -2.29. The van der Waals surface area contributed by atoms with E-state index in [4.69, 9.17) is 9.72 Å². The molecule has 1 saturated heterocycles. The number of ether oxygens (including phenoxy) is 1. The second-order valence-electron chi connectivity index (χ2n) is 7.69. The van der Waals surface area contributed by atoms with E-state index in [0.29, 0.717) is 28.0 Å². The number of hydrogen-bond acceptors (Lipinski definition) is 8. The highest BCUT2D eigenvalue weighted by atomic mass is 32.2. The molecule has 0 bridgehead atoms. The quantitative estimate of drug-likeness (QED) is 0.440. The Kier molecular flexibility index (Phi) is 5.86. The SMILES string of the molecule is C[C@@H](OC(=O)c1ccccc1)c1cc2cnc(S(C)(=O)=O)nc2c(N2CCCCC2)n1. The van der Waals surface area contributed by atoms with Crippen LogP contribution >= 0.6 is 0 Å². The molecule has 0 unspecified atom stereocenters. The molecular weight excluding hydrogens is 416 g/mol. The predicted octanol–water partition coefficient (Wildman–Crippen LogP) is 3.34. The zero-order chi connectivity index (χ0) is 22.0. The number of anilines is 1. The van der Waals surface area contributed by atoms with Crippen molar-refractivity contribution in [2.24, 2.45) is 0 Å². The van der Waals surface area contributed by atoms with E-state index in [9.17, 15) is 13.2 Å². The van der Waals surface area contributed by atoms with Crippen molar-refractivity contribution < 1.29 is 17.9 Å². The molecule has 3 heterocycles. The summed E-state index contributed by atoms with van der Waals surface area (Å²) in [5.74, 6) is 0.167. The molecule has 162 valence electrons. The summed E-state index contributed by atoms with van der Waals surface area (Å²) in [5.41, 5.74) is 1.52. The number of rotatable bonds is 5. The zero-order valence-corrected chi connectivity index (χ0v) is 18.3. The average Bonchev–Trinajstić information content (AvgIpc) is 2.78. The van der Waals surface area contributed by atoms with E-state index in [1.807, 2.05) is 6.07 Å². The molecule has 3 aromatic rings. The largest absolute Gasteiger partial charge is 0.453 e.